The van der Waals surface area contributed by atoms with Gasteiger partial charge in [0.05, 0.1) is 25.7 Å². The Kier molecular flexibility index (Phi) is 9.03. The number of hydrogen-bond donors (Lipinski definition) is 2. The van der Waals surface area contributed by atoms with Gasteiger partial charge in [-0.2, -0.15) is 0 Å². The number of para-hydroxylation sites is 1. The lowest BCUT2D eigenvalue weighted by molar-refractivity contribution is 0.589. The Morgan fingerprint density at radius 2 is 1.24 bits per heavy atom. The van der Waals surface area contributed by atoms with Crippen LogP contribution in [0.4, 0.5) is 11.4 Å². The molecule has 4 aromatic carbocycles. The van der Waals surface area contributed by atoms with Gasteiger partial charge < -0.3 is 5.09 Å². The van der Waals surface area contributed by atoms with Crippen molar-refractivity contribution >= 4 is 73.6 Å². The predicted molar refractivity (Wildman–Crippen MR) is 160 cm³/mol. The summed E-state index contributed by atoms with van der Waals surface area (Å²) in [5.41, 5.74) is 1.87. The lowest BCUT2D eigenvalue weighted by Crippen LogP contribution is -2.13. The highest BCUT2D eigenvalue weighted by atomic mass is 35.5. The van der Waals surface area contributed by atoms with Crippen LogP contribution >= 0.6 is 42.1 Å². The summed E-state index contributed by atoms with van der Waals surface area (Å²) in [6.07, 6.45) is 0. The normalized spacial score (nSPS) is 12.7. The molecule has 0 bridgehead atoms. The van der Waals surface area contributed by atoms with Crippen LogP contribution < -0.4 is 9.81 Å². The number of nitrogens with one attached hydrogen (secondary N) is 2. The van der Waals surface area contributed by atoms with Gasteiger partial charge in [0.1, 0.15) is 0 Å². The second-order valence-electron chi connectivity index (χ2n) is 8.12. The van der Waals surface area contributed by atoms with Crippen molar-refractivity contribution in [3.63, 3.8) is 0 Å². The second kappa shape index (κ2) is 12.2. The molecule has 194 valence electrons. The average molecular weight is 604 g/mol. The largest absolute Gasteiger partial charge is 0.330 e. The van der Waals surface area contributed by atoms with Gasteiger partial charge in [-0.3, -0.25) is 9.29 Å². The first-order valence-electron chi connectivity index (χ1n) is 11.3. The number of anilines is 2. The summed E-state index contributed by atoms with van der Waals surface area (Å²) < 4.78 is 42.8. The average Bonchev–Trinajstić information content (AvgIpc) is 2.91. The lowest BCUT2D eigenvalue weighted by atomic mass is 10.2. The van der Waals surface area contributed by atoms with E-state index >= 15 is 0 Å². The molecule has 2 N–H and O–H groups in total. The zero-order valence-electron chi connectivity index (χ0n) is 19.8. The maximum atomic E-state index is 14.2. The quantitative estimate of drug-likeness (QED) is 0.187. The van der Waals surface area contributed by atoms with Crippen LogP contribution in [0.15, 0.2) is 126 Å². The van der Waals surface area contributed by atoms with Crippen molar-refractivity contribution < 1.29 is 13.0 Å². The van der Waals surface area contributed by atoms with Crippen molar-refractivity contribution in [2.24, 2.45) is 0 Å². The van der Waals surface area contributed by atoms with E-state index in [1.54, 1.807) is 60.7 Å². The molecular formula is C28H22Cl3N2O3PS. The zero-order chi connectivity index (χ0) is 27.2. The van der Waals surface area contributed by atoms with E-state index < -0.39 is 17.3 Å². The molecule has 0 atom stereocenters. The topological polar surface area (TPSA) is 75.3 Å². The van der Waals surface area contributed by atoms with Crippen LogP contribution in [-0.2, 0) is 14.6 Å². The van der Waals surface area contributed by atoms with Gasteiger partial charge in [0, 0.05) is 17.3 Å². The first-order chi connectivity index (χ1) is 18.2. The molecule has 0 unspecified atom stereocenters. The molecule has 10 heteroatoms. The first kappa shape index (κ1) is 28.0. The highest BCUT2D eigenvalue weighted by molar-refractivity contribution is 7.92. The van der Waals surface area contributed by atoms with Gasteiger partial charge in [-0.15, -0.1) is 0 Å². The Labute approximate surface area is 237 Å². The van der Waals surface area contributed by atoms with Crippen molar-refractivity contribution in [1.29, 1.82) is 0 Å². The Morgan fingerprint density at radius 3 is 1.79 bits per heavy atom. The zero-order valence-corrected chi connectivity index (χ0v) is 23.7. The molecule has 0 spiro atoms. The van der Waals surface area contributed by atoms with Crippen molar-refractivity contribution in [2.45, 2.75) is 4.90 Å². The van der Waals surface area contributed by atoms with Gasteiger partial charge >= 0.3 is 0 Å². The Morgan fingerprint density at radius 1 is 0.711 bits per heavy atom. The molecule has 4 aromatic rings. The van der Waals surface area contributed by atoms with E-state index in [1.165, 1.54) is 23.8 Å². The number of halogens is 3. The highest BCUT2D eigenvalue weighted by Gasteiger charge is 2.22. The van der Waals surface area contributed by atoms with E-state index in [4.69, 9.17) is 34.8 Å². The molecule has 0 aliphatic rings. The number of hydrogen-bond acceptors (Lipinski definition) is 3. The monoisotopic (exact) mass is 602 g/mol. The van der Waals surface area contributed by atoms with Crippen molar-refractivity contribution in [3.8, 4) is 0 Å². The molecule has 0 fully saturated rings. The second-order valence-corrected chi connectivity index (χ2v) is 13.2. The summed E-state index contributed by atoms with van der Waals surface area (Å²) in [4.78, 5) is -0.0507. The fourth-order valence-electron chi connectivity index (χ4n) is 3.46. The van der Waals surface area contributed by atoms with Crippen molar-refractivity contribution in [2.75, 3.05) is 9.81 Å². The number of sulfonamides is 1. The van der Waals surface area contributed by atoms with E-state index in [0.29, 0.717) is 11.1 Å². The SMILES string of the molecule is O=P(/C=C(\Cl)c1ccccc1)(/C=C(\Cl)c1ccccc1)Nc1cccc(S(=O)(=O)Nc2ccccc2Cl)c1. The lowest BCUT2D eigenvalue weighted by Gasteiger charge is -2.17. The Bertz CT molecular complexity index is 1580. The molecule has 0 aliphatic carbocycles. The van der Waals surface area contributed by atoms with Crippen LogP contribution in [0.5, 0.6) is 0 Å². The van der Waals surface area contributed by atoms with E-state index in [1.807, 2.05) is 36.4 Å². The Balaban J connectivity index is 1.71. The molecular weight excluding hydrogens is 582 g/mol. The first-order valence-corrected chi connectivity index (χ1v) is 15.7. The summed E-state index contributed by atoms with van der Waals surface area (Å²) in [6, 6.07) is 30.6. The molecule has 0 aromatic heterocycles. The van der Waals surface area contributed by atoms with Crippen LogP contribution in [0.1, 0.15) is 11.1 Å². The maximum absolute atomic E-state index is 14.2. The minimum atomic E-state index is -3.99. The predicted octanol–water partition coefficient (Wildman–Crippen LogP) is 9.31. The summed E-state index contributed by atoms with van der Waals surface area (Å²) in [5.74, 6) is 2.80. The van der Waals surface area contributed by atoms with Crippen LogP contribution in [0.25, 0.3) is 10.1 Å². The van der Waals surface area contributed by atoms with Gasteiger partial charge in [-0.25, -0.2) is 8.42 Å². The van der Waals surface area contributed by atoms with Crippen LogP contribution in [-0.4, -0.2) is 8.42 Å². The minimum Gasteiger partial charge on any atom is -0.330 e. The molecule has 0 aliphatic heterocycles. The standard InChI is InChI=1S/C28H22Cl3N2O3PS/c29-25-16-7-8-17-28(25)33-38(35,36)24-15-9-14-23(18-24)32-37(34,19-26(30)21-10-3-1-4-11-21)20-27(31)22-12-5-2-6-13-22/h1-20,33H,(H,32,34)/b26-19-,27-20-. The van der Waals surface area contributed by atoms with Gasteiger partial charge in [0.15, 0.2) is 0 Å². The van der Waals surface area contributed by atoms with Crippen LogP contribution in [0.2, 0.25) is 5.02 Å². The fraction of sp³-hybridized carbons (Fsp3) is 0. The fourth-order valence-corrected chi connectivity index (χ4v) is 7.67. The molecule has 0 saturated heterocycles. The van der Waals surface area contributed by atoms with Gasteiger partial charge in [-0.1, -0.05) is 114 Å². The number of benzene rings is 4. The van der Waals surface area contributed by atoms with E-state index in [2.05, 4.69) is 9.81 Å². The summed E-state index contributed by atoms with van der Waals surface area (Å²) in [7, 11) is -7.60. The summed E-state index contributed by atoms with van der Waals surface area (Å²) in [6.45, 7) is 0. The molecule has 0 amide bonds. The highest BCUT2D eigenvalue weighted by Crippen LogP contribution is 2.53. The summed E-state index contributed by atoms with van der Waals surface area (Å²) >= 11 is 19.2. The van der Waals surface area contributed by atoms with E-state index in [-0.39, 0.29) is 31.4 Å². The smallest absolute Gasteiger partial charge is 0.262 e. The van der Waals surface area contributed by atoms with Crippen LogP contribution in [0.3, 0.4) is 0 Å². The molecule has 4 rings (SSSR count). The molecule has 0 radical (unpaired) electrons. The van der Waals surface area contributed by atoms with Gasteiger partial charge in [0.2, 0.25) is 7.29 Å². The summed E-state index contributed by atoms with van der Waals surface area (Å²) in [5, 5.41) is 3.72. The van der Waals surface area contributed by atoms with E-state index in [9.17, 15) is 13.0 Å². The minimum absolute atomic E-state index is 0.0507. The van der Waals surface area contributed by atoms with Gasteiger partial charge in [-0.05, 0) is 41.5 Å². The van der Waals surface area contributed by atoms with Crippen molar-refractivity contribution in [1.82, 2.24) is 0 Å². The third kappa shape index (κ3) is 7.31. The number of rotatable bonds is 9. The Hall–Kier alpha value is -2.99. The third-order valence-electron chi connectivity index (χ3n) is 5.28. The van der Waals surface area contributed by atoms with Crippen molar-refractivity contribution in [3.05, 3.63) is 137 Å². The molecule has 0 heterocycles. The molecule has 5 nitrogen and oxygen atoms in total. The maximum Gasteiger partial charge on any atom is 0.262 e. The third-order valence-corrected chi connectivity index (χ3v) is 9.82. The molecule has 38 heavy (non-hydrogen) atoms. The van der Waals surface area contributed by atoms with E-state index in [0.717, 1.165) is 0 Å². The van der Waals surface area contributed by atoms with Gasteiger partial charge in [0.25, 0.3) is 10.0 Å². The van der Waals surface area contributed by atoms with Crippen LogP contribution in [0, 0.1) is 0 Å². The molecule has 0 saturated carbocycles.